The predicted molar refractivity (Wildman–Crippen MR) is 74.3 cm³/mol. The number of carbonyl (C=O) groups is 2. The number of hydrogen-bond donors (Lipinski definition) is 0. The summed E-state index contributed by atoms with van der Waals surface area (Å²) in [6, 6.07) is 4.44. The van der Waals surface area contributed by atoms with Crippen LogP contribution in [0.5, 0.6) is 0 Å². The van der Waals surface area contributed by atoms with Crippen molar-refractivity contribution in [3.63, 3.8) is 0 Å². The Bertz CT molecular complexity index is 629. The molecular formula is C13H16N2O5S. The third-order valence-corrected chi connectivity index (χ3v) is 5.10. The number of likely N-dealkylation sites (N-methyl/N-ethyl adjacent to an activating group) is 1. The zero-order valence-corrected chi connectivity index (χ0v) is 12.4. The van der Waals surface area contributed by atoms with E-state index >= 15 is 0 Å². The van der Waals surface area contributed by atoms with Gasteiger partial charge < -0.3 is 9.64 Å². The van der Waals surface area contributed by atoms with E-state index in [0.29, 0.717) is 6.42 Å². The molecule has 1 amide bonds. The summed E-state index contributed by atoms with van der Waals surface area (Å²) in [7, 11) is -1.54. The molecule has 1 atom stereocenters. The van der Waals surface area contributed by atoms with E-state index in [0.717, 1.165) is 0 Å². The summed E-state index contributed by atoms with van der Waals surface area (Å²) in [6.07, 6.45) is 1.87. The Morgan fingerprint density at radius 3 is 2.76 bits per heavy atom. The molecule has 0 radical (unpaired) electrons. The van der Waals surface area contributed by atoms with E-state index in [-0.39, 0.29) is 23.2 Å². The van der Waals surface area contributed by atoms with Gasteiger partial charge in [0.2, 0.25) is 0 Å². The maximum Gasteiger partial charge on any atom is 0.357 e. The fraction of sp³-hybridized carbons (Fsp3) is 0.462. The van der Waals surface area contributed by atoms with Crippen LogP contribution in [0.3, 0.4) is 0 Å². The van der Waals surface area contributed by atoms with Crippen LogP contribution >= 0.6 is 0 Å². The van der Waals surface area contributed by atoms with Gasteiger partial charge in [0.25, 0.3) is 5.91 Å². The van der Waals surface area contributed by atoms with Gasteiger partial charge in [-0.2, -0.15) is 0 Å². The van der Waals surface area contributed by atoms with Crippen LogP contribution in [0.2, 0.25) is 0 Å². The first-order chi connectivity index (χ1) is 9.89. The number of aromatic nitrogens is 1. The van der Waals surface area contributed by atoms with Crippen molar-refractivity contribution in [2.75, 3.05) is 25.2 Å². The highest BCUT2D eigenvalue weighted by Gasteiger charge is 2.32. The third-order valence-electron chi connectivity index (χ3n) is 3.35. The second-order valence-corrected chi connectivity index (χ2v) is 7.08. The minimum Gasteiger partial charge on any atom is -0.451 e. The number of nitrogens with zero attached hydrogens (tertiary/aromatic N) is 2. The van der Waals surface area contributed by atoms with Gasteiger partial charge in [0.1, 0.15) is 5.69 Å². The van der Waals surface area contributed by atoms with Crippen molar-refractivity contribution < 1.29 is 22.7 Å². The molecule has 0 saturated carbocycles. The predicted octanol–water partition coefficient (Wildman–Crippen LogP) is -0.116. The summed E-state index contributed by atoms with van der Waals surface area (Å²) < 4.78 is 27.7. The molecule has 1 aromatic heterocycles. The van der Waals surface area contributed by atoms with Gasteiger partial charge in [0.15, 0.2) is 16.4 Å². The van der Waals surface area contributed by atoms with E-state index < -0.39 is 28.3 Å². The molecule has 1 unspecified atom stereocenters. The average molecular weight is 312 g/mol. The lowest BCUT2D eigenvalue weighted by Gasteiger charge is -2.23. The van der Waals surface area contributed by atoms with Gasteiger partial charge >= 0.3 is 5.97 Å². The second-order valence-electron chi connectivity index (χ2n) is 4.85. The number of amides is 1. The standard InChI is InChI=1S/C13H16N2O5S/c1-15(10-5-7-21(18,19)9-10)12(16)8-20-13(17)11-4-2-3-6-14-11/h2-4,6,10H,5,7-9H2,1H3. The molecular weight excluding hydrogens is 296 g/mol. The molecule has 1 aliphatic heterocycles. The third kappa shape index (κ3) is 4.01. The zero-order chi connectivity index (χ0) is 15.5. The van der Waals surface area contributed by atoms with Gasteiger partial charge in [-0.1, -0.05) is 6.07 Å². The number of hydrogen-bond acceptors (Lipinski definition) is 6. The lowest BCUT2D eigenvalue weighted by molar-refractivity contribution is -0.134. The van der Waals surface area contributed by atoms with Crippen molar-refractivity contribution in [2.24, 2.45) is 0 Å². The quantitative estimate of drug-likeness (QED) is 0.720. The summed E-state index contributed by atoms with van der Waals surface area (Å²) in [4.78, 5) is 28.7. The maximum absolute atomic E-state index is 11.9. The molecule has 0 bridgehead atoms. The highest BCUT2D eigenvalue weighted by atomic mass is 32.2. The van der Waals surface area contributed by atoms with E-state index in [9.17, 15) is 18.0 Å². The molecule has 1 fully saturated rings. The Morgan fingerprint density at radius 2 is 2.19 bits per heavy atom. The van der Waals surface area contributed by atoms with Crippen molar-refractivity contribution in [1.29, 1.82) is 0 Å². The largest absolute Gasteiger partial charge is 0.451 e. The van der Waals surface area contributed by atoms with Gasteiger partial charge in [0.05, 0.1) is 11.5 Å². The second kappa shape index (κ2) is 6.21. The smallest absolute Gasteiger partial charge is 0.357 e. The summed E-state index contributed by atoms with van der Waals surface area (Å²) >= 11 is 0. The summed E-state index contributed by atoms with van der Waals surface area (Å²) in [5.74, 6) is -1.07. The molecule has 114 valence electrons. The number of esters is 1. The van der Waals surface area contributed by atoms with Crippen LogP contribution in [0.25, 0.3) is 0 Å². The Morgan fingerprint density at radius 1 is 1.43 bits per heavy atom. The van der Waals surface area contributed by atoms with Crippen molar-refractivity contribution in [3.8, 4) is 0 Å². The van der Waals surface area contributed by atoms with E-state index in [4.69, 9.17) is 4.74 Å². The van der Waals surface area contributed by atoms with E-state index in [1.165, 1.54) is 24.2 Å². The average Bonchev–Trinajstić information content (AvgIpc) is 2.84. The molecule has 8 heteroatoms. The molecule has 1 aromatic rings. The van der Waals surface area contributed by atoms with Gasteiger partial charge in [-0.3, -0.25) is 4.79 Å². The first-order valence-corrected chi connectivity index (χ1v) is 8.25. The molecule has 0 N–H and O–H groups in total. The van der Waals surface area contributed by atoms with E-state index in [2.05, 4.69) is 4.98 Å². The molecule has 0 aliphatic carbocycles. The molecule has 0 aromatic carbocycles. The highest BCUT2D eigenvalue weighted by molar-refractivity contribution is 7.91. The minimum atomic E-state index is -3.06. The number of pyridine rings is 1. The van der Waals surface area contributed by atoms with Crippen LogP contribution < -0.4 is 0 Å². The van der Waals surface area contributed by atoms with Gasteiger partial charge in [-0.05, 0) is 18.6 Å². The van der Waals surface area contributed by atoms with Gasteiger partial charge in [0, 0.05) is 19.3 Å². The Hall–Kier alpha value is -1.96. The molecule has 1 aliphatic rings. The van der Waals surface area contributed by atoms with Crippen LogP contribution in [-0.4, -0.2) is 61.4 Å². The lowest BCUT2D eigenvalue weighted by atomic mass is 10.2. The number of sulfone groups is 1. The normalized spacial score (nSPS) is 20.0. The Labute approximate surface area is 122 Å². The molecule has 21 heavy (non-hydrogen) atoms. The van der Waals surface area contributed by atoms with Crippen molar-refractivity contribution in [2.45, 2.75) is 12.5 Å². The van der Waals surface area contributed by atoms with Crippen LogP contribution in [0.1, 0.15) is 16.9 Å². The van der Waals surface area contributed by atoms with Gasteiger partial charge in [-0.25, -0.2) is 18.2 Å². The van der Waals surface area contributed by atoms with Crippen LogP contribution in [0.15, 0.2) is 24.4 Å². The summed E-state index contributed by atoms with van der Waals surface area (Å²) in [5, 5.41) is 0. The fourth-order valence-electron chi connectivity index (χ4n) is 2.07. The Kier molecular flexibility index (Phi) is 4.56. The van der Waals surface area contributed by atoms with Crippen LogP contribution in [0.4, 0.5) is 0 Å². The van der Waals surface area contributed by atoms with Crippen LogP contribution in [0, 0.1) is 0 Å². The number of carbonyl (C=O) groups excluding carboxylic acids is 2. The number of rotatable bonds is 4. The lowest BCUT2D eigenvalue weighted by Crippen LogP contribution is -2.40. The molecule has 0 spiro atoms. The first kappa shape index (κ1) is 15.4. The molecule has 7 nitrogen and oxygen atoms in total. The zero-order valence-electron chi connectivity index (χ0n) is 11.6. The van der Waals surface area contributed by atoms with Crippen molar-refractivity contribution in [3.05, 3.63) is 30.1 Å². The van der Waals surface area contributed by atoms with E-state index in [1.807, 2.05) is 0 Å². The monoisotopic (exact) mass is 312 g/mol. The fourth-order valence-corrected chi connectivity index (χ4v) is 3.85. The summed E-state index contributed by atoms with van der Waals surface area (Å²) in [5.41, 5.74) is 0.122. The van der Waals surface area contributed by atoms with Crippen molar-refractivity contribution in [1.82, 2.24) is 9.88 Å². The molecule has 2 heterocycles. The van der Waals surface area contributed by atoms with E-state index in [1.54, 1.807) is 12.1 Å². The minimum absolute atomic E-state index is 0.0383. The molecule has 1 saturated heterocycles. The topological polar surface area (TPSA) is 93.6 Å². The highest BCUT2D eigenvalue weighted by Crippen LogP contribution is 2.16. The Balaban J connectivity index is 1.86. The van der Waals surface area contributed by atoms with Crippen LogP contribution in [-0.2, 0) is 19.4 Å². The first-order valence-electron chi connectivity index (χ1n) is 6.43. The number of ether oxygens (including phenoxy) is 1. The summed E-state index contributed by atoms with van der Waals surface area (Å²) in [6.45, 7) is -0.428. The SMILES string of the molecule is CN(C(=O)COC(=O)c1ccccn1)C1CCS(=O)(=O)C1. The maximum atomic E-state index is 11.9. The molecule has 2 rings (SSSR count). The van der Waals surface area contributed by atoms with Gasteiger partial charge in [-0.15, -0.1) is 0 Å². The van der Waals surface area contributed by atoms with Crippen molar-refractivity contribution >= 4 is 21.7 Å².